The lowest BCUT2D eigenvalue weighted by Gasteiger charge is -2.29. The summed E-state index contributed by atoms with van der Waals surface area (Å²) in [6.07, 6.45) is 1.99. The molecule has 116 valence electrons. The van der Waals surface area contributed by atoms with Gasteiger partial charge in [-0.2, -0.15) is 0 Å². The molecule has 23 heavy (non-hydrogen) atoms. The third kappa shape index (κ3) is 2.14. The molecule has 0 N–H and O–H groups in total. The van der Waals surface area contributed by atoms with Crippen molar-refractivity contribution in [2.75, 3.05) is 13.1 Å². The summed E-state index contributed by atoms with van der Waals surface area (Å²) in [4.78, 5) is 39.9. The molecular formula is C17H15N3O3. The summed E-state index contributed by atoms with van der Waals surface area (Å²) in [5, 5.41) is 0. The summed E-state index contributed by atoms with van der Waals surface area (Å²) >= 11 is 0. The molecule has 3 heterocycles. The van der Waals surface area contributed by atoms with Crippen LogP contribution in [-0.2, 0) is 17.9 Å². The summed E-state index contributed by atoms with van der Waals surface area (Å²) in [5.74, 6) is -0.981. The van der Waals surface area contributed by atoms with Gasteiger partial charge in [0, 0.05) is 25.0 Å². The van der Waals surface area contributed by atoms with Crippen LogP contribution < -0.4 is 0 Å². The van der Waals surface area contributed by atoms with Crippen LogP contribution in [0.15, 0.2) is 42.6 Å². The van der Waals surface area contributed by atoms with Crippen LogP contribution in [0.5, 0.6) is 0 Å². The normalized spacial score (nSPS) is 16.5. The van der Waals surface area contributed by atoms with Crippen molar-refractivity contribution in [3.63, 3.8) is 0 Å². The number of carbonyl (C=O) groups is 3. The molecule has 6 heteroatoms. The summed E-state index contributed by atoms with van der Waals surface area (Å²) in [6.45, 7) is 1.63. The fourth-order valence-corrected chi connectivity index (χ4v) is 3.15. The fraction of sp³-hybridized carbons (Fsp3) is 0.235. The molecule has 0 aliphatic carbocycles. The maximum atomic E-state index is 12.5. The Morgan fingerprint density at radius 3 is 2.35 bits per heavy atom. The molecule has 0 bridgehead atoms. The zero-order valence-electron chi connectivity index (χ0n) is 12.4. The molecule has 2 aromatic rings. The zero-order chi connectivity index (χ0) is 16.0. The van der Waals surface area contributed by atoms with E-state index in [2.05, 4.69) is 4.57 Å². The average Bonchev–Trinajstić information content (AvgIpc) is 3.13. The first-order chi connectivity index (χ1) is 11.1. The molecule has 4 rings (SSSR count). The van der Waals surface area contributed by atoms with Gasteiger partial charge in [0.15, 0.2) is 0 Å². The molecule has 0 saturated heterocycles. The van der Waals surface area contributed by atoms with E-state index in [0.29, 0.717) is 24.2 Å². The minimum Gasteiger partial charge on any atom is -0.348 e. The Balaban J connectivity index is 1.50. The van der Waals surface area contributed by atoms with Gasteiger partial charge in [0.25, 0.3) is 11.8 Å². The highest BCUT2D eigenvalue weighted by atomic mass is 16.2. The van der Waals surface area contributed by atoms with Gasteiger partial charge in [0.1, 0.15) is 6.54 Å². The lowest BCUT2D eigenvalue weighted by Crippen LogP contribution is -2.45. The first kappa shape index (κ1) is 13.8. The van der Waals surface area contributed by atoms with Crippen molar-refractivity contribution >= 4 is 17.7 Å². The molecule has 3 amide bonds. The number of carbonyl (C=O) groups excluding carboxylic acids is 3. The van der Waals surface area contributed by atoms with E-state index in [1.165, 1.54) is 0 Å². The summed E-state index contributed by atoms with van der Waals surface area (Å²) in [7, 11) is 0. The van der Waals surface area contributed by atoms with Crippen molar-refractivity contribution in [3.8, 4) is 0 Å². The maximum absolute atomic E-state index is 12.5. The molecule has 1 aromatic carbocycles. The van der Waals surface area contributed by atoms with Crippen molar-refractivity contribution < 1.29 is 14.4 Å². The van der Waals surface area contributed by atoms with Gasteiger partial charge in [0.05, 0.1) is 17.7 Å². The van der Waals surface area contributed by atoms with Crippen molar-refractivity contribution in [3.05, 3.63) is 59.4 Å². The predicted molar refractivity (Wildman–Crippen MR) is 81.7 cm³/mol. The topological polar surface area (TPSA) is 62.6 Å². The number of hydrogen-bond acceptors (Lipinski definition) is 3. The lowest BCUT2D eigenvalue weighted by atomic mass is 10.1. The standard InChI is InChI=1S/C17H15N3O3/c21-15(19-9-8-18-7-3-4-12(18)10-19)11-20-16(22)13-5-1-2-6-14(13)17(20)23/h1-7H,8-11H2. The minimum absolute atomic E-state index is 0.201. The second-order valence-electron chi connectivity index (χ2n) is 5.75. The largest absolute Gasteiger partial charge is 0.348 e. The van der Waals surface area contributed by atoms with Crippen LogP contribution in [0.1, 0.15) is 26.4 Å². The Morgan fingerprint density at radius 1 is 0.957 bits per heavy atom. The van der Waals surface area contributed by atoms with Crippen LogP contribution in [0.4, 0.5) is 0 Å². The van der Waals surface area contributed by atoms with E-state index < -0.39 is 0 Å². The minimum atomic E-state index is -0.390. The lowest BCUT2D eigenvalue weighted by molar-refractivity contribution is -0.132. The van der Waals surface area contributed by atoms with E-state index in [4.69, 9.17) is 0 Å². The van der Waals surface area contributed by atoms with E-state index in [9.17, 15) is 14.4 Å². The highest BCUT2D eigenvalue weighted by Gasteiger charge is 2.37. The average molecular weight is 309 g/mol. The van der Waals surface area contributed by atoms with Gasteiger partial charge in [-0.15, -0.1) is 0 Å². The van der Waals surface area contributed by atoms with Gasteiger partial charge in [-0.05, 0) is 24.3 Å². The number of hydrogen-bond donors (Lipinski definition) is 0. The van der Waals surface area contributed by atoms with Gasteiger partial charge in [-0.3, -0.25) is 19.3 Å². The smallest absolute Gasteiger partial charge is 0.262 e. The van der Waals surface area contributed by atoms with Crippen LogP contribution >= 0.6 is 0 Å². The van der Waals surface area contributed by atoms with Crippen molar-refractivity contribution in [1.29, 1.82) is 0 Å². The third-order valence-electron chi connectivity index (χ3n) is 4.41. The van der Waals surface area contributed by atoms with Crippen LogP contribution in [0.2, 0.25) is 0 Å². The van der Waals surface area contributed by atoms with Crippen LogP contribution in [0, 0.1) is 0 Å². The third-order valence-corrected chi connectivity index (χ3v) is 4.41. The first-order valence-electron chi connectivity index (χ1n) is 7.52. The van der Waals surface area contributed by atoms with E-state index in [-0.39, 0.29) is 24.3 Å². The number of imide groups is 1. The predicted octanol–water partition coefficient (Wildman–Crippen LogP) is 1.13. The first-order valence-corrected chi connectivity index (χ1v) is 7.52. The van der Waals surface area contributed by atoms with E-state index in [1.807, 2.05) is 18.3 Å². The number of aromatic nitrogens is 1. The molecule has 0 unspecified atom stereocenters. The molecule has 0 fully saturated rings. The molecule has 0 saturated carbocycles. The molecular weight excluding hydrogens is 294 g/mol. The Bertz CT molecular complexity index is 789. The summed E-state index contributed by atoms with van der Waals surface area (Å²) < 4.78 is 2.10. The Morgan fingerprint density at radius 2 is 1.65 bits per heavy atom. The molecule has 6 nitrogen and oxygen atoms in total. The number of rotatable bonds is 2. The monoisotopic (exact) mass is 309 g/mol. The van der Waals surface area contributed by atoms with Gasteiger partial charge in [-0.1, -0.05) is 12.1 Å². The van der Waals surface area contributed by atoms with E-state index >= 15 is 0 Å². The van der Waals surface area contributed by atoms with E-state index in [1.54, 1.807) is 29.2 Å². The second-order valence-corrected chi connectivity index (χ2v) is 5.75. The van der Waals surface area contributed by atoms with E-state index in [0.717, 1.165) is 17.1 Å². The Hall–Kier alpha value is -2.89. The van der Waals surface area contributed by atoms with Gasteiger partial charge in [0.2, 0.25) is 5.91 Å². The number of fused-ring (bicyclic) bond motifs is 2. The molecule has 0 radical (unpaired) electrons. The Labute approximate surface area is 132 Å². The van der Waals surface area contributed by atoms with Crippen molar-refractivity contribution in [1.82, 2.24) is 14.4 Å². The summed E-state index contributed by atoms with van der Waals surface area (Å²) in [5.41, 5.74) is 1.81. The SMILES string of the molecule is O=C(CN1C(=O)c2ccccc2C1=O)N1CCn2cccc2C1. The highest BCUT2D eigenvalue weighted by Crippen LogP contribution is 2.22. The van der Waals surface area contributed by atoms with Gasteiger partial charge >= 0.3 is 0 Å². The van der Waals surface area contributed by atoms with Crippen LogP contribution in [0.3, 0.4) is 0 Å². The Kier molecular flexibility index (Phi) is 3.04. The zero-order valence-corrected chi connectivity index (χ0v) is 12.4. The van der Waals surface area contributed by atoms with Gasteiger partial charge in [-0.25, -0.2) is 0 Å². The van der Waals surface area contributed by atoms with Crippen LogP contribution in [-0.4, -0.2) is 45.2 Å². The highest BCUT2D eigenvalue weighted by molar-refractivity contribution is 6.22. The second kappa shape index (κ2) is 5.08. The maximum Gasteiger partial charge on any atom is 0.262 e. The van der Waals surface area contributed by atoms with Crippen molar-refractivity contribution in [2.45, 2.75) is 13.1 Å². The fourth-order valence-electron chi connectivity index (χ4n) is 3.15. The number of amides is 3. The van der Waals surface area contributed by atoms with Gasteiger partial charge < -0.3 is 9.47 Å². The molecule has 2 aliphatic heterocycles. The summed E-state index contributed by atoms with van der Waals surface area (Å²) in [6, 6.07) is 10.6. The molecule has 2 aliphatic rings. The van der Waals surface area contributed by atoms with Crippen molar-refractivity contribution in [2.24, 2.45) is 0 Å². The van der Waals surface area contributed by atoms with Crippen LogP contribution in [0.25, 0.3) is 0 Å². The molecule has 0 spiro atoms. The molecule has 1 aromatic heterocycles. The molecule has 0 atom stereocenters. The quantitative estimate of drug-likeness (QED) is 0.781. The number of nitrogens with zero attached hydrogens (tertiary/aromatic N) is 3. The number of benzene rings is 1.